The number of ether oxygens (including phenoxy) is 1. The highest BCUT2D eigenvalue weighted by Crippen LogP contribution is 2.18. The number of carbonyl (C=O) groups is 1. The van der Waals surface area contributed by atoms with E-state index in [9.17, 15) is 4.79 Å². The molecule has 0 aliphatic rings. The Morgan fingerprint density at radius 3 is 2.93 bits per heavy atom. The van der Waals surface area contributed by atoms with Gasteiger partial charge in [0.05, 0.1) is 17.3 Å². The maximum atomic E-state index is 11.9. The molecule has 4 nitrogen and oxygen atoms in total. The molecule has 0 saturated carbocycles. The summed E-state index contributed by atoms with van der Waals surface area (Å²) in [6.45, 7) is 4.40. The van der Waals surface area contributed by atoms with Gasteiger partial charge in [0, 0.05) is 20.1 Å². The number of aromatic nitrogens is 2. The number of nitrogens with zero attached hydrogens (tertiary/aromatic N) is 2. The van der Waals surface area contributed by atoms with Crippen LogP contribution in [-0.2, 0) is 11.3 Å². The van der Waals surface area contributed by atoms with Crippen LogP contribution in [0.3, 0.4) is 0 Å². The Morgan fingerprint density at radius 1 is 1.73 bits per heavy atom. The zero-order chi connectivity index (χ0) is 11.4. The molecule has 0 aliphatic heterocycles. The summed E-state index contributed by atoms with van der Waals surface area (Å²) in [6, 6.07) is 0. The summed E-state index contributed by atoms with van der Waals surface area (Å²) >= 11 is 5.90. The zero-order valence-electron chi connectivity index (χ0n) is 9.16. The standard InChI is InChI=1S/C10H15ClN2O2/c1-4-13-10(8(11)6-12-13)9(14)5-7(2)15-3/h6-7H,4-5H2,1-3H3. The molecule has 1 rings (SSSR count). The minimum absolute atomic E-state index is 0.0336. The molecule has 0 radical (unpaired) electrons. The topological polar surface area (TPSA) is 44.1 Å². The Balaban J connectivity index is 2.85. The fraction of sp³-hybridized carbons (Fsp3) is 0.600. The molecule has 1 heterocycles. The quantitative estimate of drug-likeness (QED) is 0.729. The highest BCUT2D eigenvalue weighted by Gasteiger charge is 2.18. The summed E-state index contributed by atoms with van der Waals surface area (Å²) in [7, 11) is 1.58. The Morgan fingerprint density at radius 2 is 2.40 bits per heavy atom. The third kappa shape index (κ3) is 2.79. The zero-order valence-corrected chi connectivity index (χ0v) is 9.91. The highest BCUT2D eigenvalue weighted by atomic mass is 35.5. The van der Waals surface area contributed by atoms with Gasteiger partial charge in [-0.25, -0.2) is 0 Å². The van der Waals surface area contributed by atoms with Crippen LogP contribution in [0.5, 0.6) is 0 Å². The third-order valence-electron chi connectivity index (χ3n) is 2.23. The average Bonchev–Trinajstić information content (AvgIpc) is 2.59. The van der Waals surface area contributed by atoms with E-state index in [1.54, 1.807) is 11.8 Å². The first-order chi connectivity index (χ1) is 7.10. The normalized spacial score (nSPS) is 12.8. The summed E-state index contributed by atoms with van der Waals surface area (Å²) < 4.78 is 6.64. The first kappa shape index (κ1) is 12.2. The molecule has 0 amide bonds. The fourth-order valence-electron chi connectivity index (χ4n) is 1.32. The second kappa shape index (κ2) is 5.28. The molecule has 1 aromatic heterocycles. The van der Waals surface area contributed by atoms with Gasteiger partial charge in [-0.05, 0) is 13.8 Å². The van der Waals surface area contributed by atoms with Crippen molar-refractivity contribution in [3.05, 3.63) is 16.9 Å². The van der Waals surface area contributed by atoms with Crippen LogP contribution in [-0.4, -0.2) is 28.8 Å². The van der Waals surface area contributed by atoms with Crippen LogP contribution in [0.2, 0.25) is 5.02 Å². The van der Waals surface area contributed by atoms with Crippen molar-refractivity contribution < 1.29 is 9.53 Å². The van der Waals surface area contributed by atoms with Gasteiger partial charge in [0.1, 0.15) is 5.69 Å². The first-order valence-electron chi connectivity index (χ1n) is 4.87. The van der Waals surface area contributed by atoms with Crippen molar-refractivity contribution in [1.29, 1.82) is 0 Å². The predicted molar refractivity (Wildman–Crippen MR) is 58.3 cm³/mol. The number of aryl methyl sites for hydroxylation is 1. The molecule has 5 heteroatoms. The summed E-state index contributed by atoms with van der Waals surface area (Å²) in [5, 5.41) is 4.42. The lowest BCUT2D eigenvalue weighted by Gasteiger charge is -2.09. The van der Waals surface area contributed by atoms with Crippen molar-refractivity contribution in [2.45, 2.75) is 32.9 Å². The van der Waals surface area contributed by atoms with Crippen molar-refractivity contribution in [2.24, 2.45) is 0 Å². The van der Waals surface area contributed by atoms with E-state index in [1.165, 1.54) is 6.20 Å². The van der Waals surface area contributed by atoms with E-state index in [0.29, 0.717) is 23.7 Å². The molecule has 0 bridgehead atoms. The molecule has 1 unspecified atom stereocenters. The van der Waals surface area contributed by atoms with Gasteiger partial charge in [0.2, 0.25) is 0 Å². The van der Waals surface area contributed by atoms with Gasteiger partial charge in [-0.2, -0.15) is 5.10 Å². The van der Waals surface area contributed by atoms with Gasteiger partial charge >= 0.3 is 0 Å². The van der Waals surface area contributed by atoms with Crippen molar-refractivity contribution in [3.63, 3.8) is 0 Å². The van der Waals surface area contributed by atoms with E-state index in [2.05, 4.69) is 5.10 Å². The van der Waals surface area contributed by atoms with Crippen LogP contribution in [0.15, 0.2) is 6.20 Å². The summed E-state index contributed by atoms with van der Waals surface area (Å²) in [6.07, 6.45) is 1.71. The molecule has 0 N–H and O–H groups in total. The minimum atomic E-state index is -0.103. The van der Waals surface area contributed by atoms with Gasteiger partial charge in [-0.1, -0.05) is 11.6 Å². The lowest BCUT2D eigenvalue weighted by Crippen LogP contribution is -2.16. The van der Waals surface area contributed by atoms with Crippen molar-refractivity contribution in [1.82, 2.24) is 9.78 Å². The number of Topliss-reactive ketones (excluding diaryl/α,β-unsaturated/α-hetero) is 1. The van der Waals surface area contributed by atoms with Gasteiger partial charge in [-0.3, -0.25) is 9.48 Å². The number of hydrogen-bond donors (Lipinski definition) is 0. The van der Waals surface area contributed by atoms with Crippen LogP contribution in [0.1, 0.15) is 30.8 Å². The maximum Gasteiger partial charge on any atom is 0.184 e. The van der Waals surface area contributed by atoms with E-state index in [4.69, 9.17) is 16.3 Å². The Bertz CT molecular complexity index is 349. The maximum absolute atomic E-state index is 11.9. The number of methoxy groups -OCH3 is 1. The number of carbonyl (C=O) groups excluding carboxylic acids is 1. The SMILES string of the molecule is CCn1ncc(Cl)c1C(=O)CC(C)OC. The number of ketones is 1. The molecule has 0 aromatic carbocycles. The van der Waals surface area contributed by atoms with E-state index < -0.39 is 0 Å². The molecular formula is C10H15ClN2O2. The smallest absolute Gasteiger partial charge is 0.184 e. The number of hydrogen-bond acceptors (Lipinski definition) is 3. The van der Waals surface area contributed by atoms with E-state index in [0.717, 1.165) is 0 Å². The molecular weight excluding hydrogens is 216 g/mol. The highest BCUT2D eigenvalue weighted by molar-refractivity contribution is 6.33. The van der Waals surface area contributed by atoms with Gasteiger partial charge in [0.15, 0.2) is 5.78 Å². The van der Waals surface area contributed by atoms with Crippen LogP contribution < -0.4 is 0 Å². The number of rotatable bonds is 5. The van der Waals surface area contributed by atoms with Crippen LogP contribution in [0, 0.1) is 0 Å². The van der Waals surface area contributed by atoms with E-state index >= 15 is 0 Å². The molecule has 84 valence electrons. The predicted octanol–water partition coefficient (Wildman–Crippen LogP) is 2.16. The Labute approximate surface area is 94.2 Å². The monoisotopic (exact) mass is 230 g/mol. The Kier molecular flexibility index (Phi) is 4.29. The van der Waals surface area contributed by atoms with E-state index in [1.807, 2.05) is 13.8 Å². The average molecular weight is 231 g/mol. The summed E-state index contributed by atoms with van der Waals surface area (Å²) in [5.74, 6) is -0.0336. The summed E-state index contributed by atoms with van der Waals surface area (Å²) in [5.41, 5.74) is 0.475. The molecule has 1 atom stereocenters. The van der Waals surface area contributed by atoms with Crippen LogP contribution in [0.25, 0.3) is 0 Å². The third-order valence-corrected chi connectivity index (χ3v) is 2.51. The van der Waals surface area contributed by atoms with E-state index in [-0.39, 0.29) is 11.9 Å². The molecule has 0 fully saturated rings. The molecule has 0 aliphatic carbocycles. The Hall–Kier alpha value is -0.870. The molecule has 0 spiro atoms. The first-order valence-corrected chi connectivity index (χ1v) is 5.25. The molecule has 0 saturated heterocycles. The van der Waals surface area contributed by atoms with Crippen molar-refractivity contribution in [3.8, 4) is 0 Å². The second-order valence-corrected chi connectivity index (χ2v) is 3.74. The van der Waals surface area contributed by atoms with Crippen molar-refractivity contribution in [2.75, 3.05) is 7.11 Å². The van der Waals surface area contributed by atoms with Crippen molar-refractivity contribution >= 4 is 17.4 Å². The van der Waals surface area contributed by atoms with Gasteiger partial charge in [0.25, 0.3) is 0 Å². The molecule has 15 heavy (non-hydrogen) atoms. The van der Waals surface area contributed by atoms with Crippen LogP contribution in [0.4, 0.5) is 0 Å². The lowest BCUT2D eigenvalue weighted by atomic mass is 10.1. The van der Waals surface area contributed by atoms with Crippen LogP contribution >= 0.6 is 11.6 Å². The summed E-state index contributed by atoms with van der Waals surface area (Å²) in [4.78, 5) is 11.9. The fourth-order valence-corrected chi connectivity index (χ4v) is 1.57. The largest absolute Gasteiger partial charge is 0.381 e. The number of halogens is 1. The molecule has 1 aromatic rings. The second-order valence-electron chi connectivity index (χ2n) is 3.33. The van der Waals surface area contributed by atoms with Gasteiger partial charge in [-0.15, -0.1) is 0 Å². The minimum Gasteiger partial charge on any atom is -0.381 e. The van der Waals surface area contributed by atoms with Gasteiger partial charge < -0.3 is 4.74 Å². The lowest BCUT2D eigenvalue weighted by molar-refractivity contribution is 0.0783.